The maximum absolute atomic E-state index is 12.1. The van der Waals surface area contributed by atoms with Crippen LogP contribution in [0.4, 0.5) is 5.69 Å². The number of hydrogen-bond acceptors (Lipinski definition) is 3. The van der Waals surface area contributed by atoms with Crippen molar-refractivity contribution in [1.82, 2.24) is 15.1 Å². The number of nitrogens with two attached hydrogens (primary N) is 1. The van der Waals surface area contributed by atoms with Crippen LogP contribution in [0.25, 0.3) is 0 Å². The van der Waals surface area contributed by atoms with E-state index < -0.39 is 0 Å². The largest absolute Gasteiger partial charge is 0.399 e. The van der Waals surface area contributed by atoms with E-state index in [1.54, 1.807) is 10.7 Å². The van der Waals surface area contributed by atoms with Gasteiger partial charge in [-0.05, 0) is 37.6 Å². The number of amides is 1. The molecule has 0 aliphatic heterocycles. The molecule has 0 aliphatic rings. The number of aryl methyl sites for hydroxylation is 2. The van der Waals surface area contributed by atoms with Gasteiger partial charge in [-0.2, -0.15) is 5.10 Å². The Bertz CT molecular complexity index is 572. The molecular weight excluding hydrogens is 240 g/mol. The van der Waals surface area contributed by atoms with Gasteiger partial charge in [-0.25, -0.2) is 0 Å². The Morgan fingerprint density at radius 1 is 1.37 bits per heavy atom. The molecule has 3 N–H and O–H groups in total. The molecule has 2 rings (SSSR count). The van der Waals surface area contributed by atoms with Crippen molar-refractivity contribution in [3.8, 4) is 0 Å². The number of nitrogen functional groups attached to an aromatic ring is 1. The van der Waals surface area contributed by atoms with E-state index in [0.717, 1.165) is 16.9 Å². The zero-order valence-electron chi connectivity index (χ0n) is 11.2. The van der Waals surface area contributed by atoms with Crippen LogP contribution in [-0.2, 0) is 13.1 Å². The maximum atomic E-state index is 12.1. The van der Waals surface area contributed by atoms with Crippen LogP contribution in [-0.4, -0.2) is 15.7 Å². The van der Waals surface area contributed by atoms with Crippen molar-refractivity contribution in [1.29, 1.82) is 0 Å². The van der Waals surface area contributed by atoms with E-state index in [-0.39, 0.29) is 5.91 Å². The molecule has 1 aromatic heterocycles. The molecule has 1 amide bonds. The van der Waals surface area contributed by atoms with Crippen LogP contribution in [0.2, 0.25) is 0 Å². The predicted molar refractivity (Wildman–Crippen MR) is 74.7 cm³/mol. The van der Waals surface area contributed by atoms with Gasteiger partial charge in [0.25, 0.3) is 5.91 Å². The minimum Gasteiger partial charge on any atom is -0.399 e. The molecule has 1 aromatic carbocycles. The first kappa shape index (κ1) is 13.1. The van der Waals surface area contributed by atoms with Crippen molar-refractivity contribution in [3.05, 3.63) is 47.3 Å². The SMILES string of the molecule is CCn1nc(C)cc1C(=O)NCc1ccc(N)cc1. The van der Waals surface area contributed by atoms with E-state index in [0.29, 0.717) is 18.8 Å². The molecule has 100 valence electrons. The number of anilines is 1. The van der Waals surface area contributed by atoms with Gasteiger partial charge in [0.05, 0.1) is 5.69 Å². The summed E-state index contributed by atoms with van der Waals surface area (Å²) in [6.07, 6.45) is 0. The van der Waals surface area contributed by atoms with Gasteiger partial charge in [0.2, 0.25) is 0 Å². The molecule has 0 unspecified atom stereocenters. The highest BCUT2D eigenvalue weighted by Gasteiger charge is 2.12. The predicted octanol–water partition coefficient (Wildman–Crippen LogP) is 1.72. The zero-order chi connectivity index (χ0) is 13.8. The fraction of sp³-hybridized carbons (Fsp3) is 0.286. The molecule has 0 aliphatic carbocycles. The van der Waals surface area contributed by atoms with Crippen LogP contribution in [0, 0.1) is 6.92 Å². The van der Waals surface area contributed by atoms with E-state index in [1.807, 2.05) is 38.1 Å². The Morgan fingerprint density at radius 3 is 2.68 bits per heavy atom. The molecule has 0 saturated carbocycles. The second-order valence-electron chi connectivity index (χ2n) is 4.41. The minimum absolute atomic E-state index is 0.112. The van der Waals surface area contributed by atoms with E-state index in [1.165, 1.54) is 0 Å². The number of carbonyl (C=O) groups excluding carboxylic acids is 1. The molecule has 0 bridgehead atoms. The highest BCUT2D eigenvalue weighted by atomic mass is 16.2. The quantitative estimate of drug-likeness (QED) is 0.820. The monoisotopic (exact) mass is 258 g/mol. The van der Waals surface area contributed by atoms with Gasteiger partial charge in [-0.1, -0.05) is 12.1 Å². The third-order valence-electron chi connectivity index (χ3n) is 2.87. The lowest BCUT2D eigenvalue weighted by Gasteiger charge is -2.07. The van der Waals surface area contributed by atoms with Crippen LogP contribution in [0.15, 0.2) is 30.3 Å². The van der Waals surface area contributed by atoms with E-state index in [2.05, 4.69) is 10.4 Å². The molecule has 5 heteroatoms. The molecular formula is C14H18N4O. The summed E-state index contributed by atoms with van der Waals surface area (Å²) >= 11 is 0. The van der Waals surface area contributed by atoms with E-state index in [4.69, 9.17) is 5.73 Å². The maximum Gasteiger partial charge on any atom is 0.269 e. The van der Waals surface area contributed by atoms with Crippen LogP contribution in [0.1, 0.15) is 28.7 Å². The Hall–Kier alpha value is -2.30. The summed E-state index contributed by atoms with van der Waals surface area (Å²) in [4.78, 5) is 12.1. The van der Waals surface area contributed by atoms with Crippen LogP contribution < -0.4 is 11.1 Å². The molecule has 0 radical (unpaired) electrons. The van der Waals surface area contributed by atoms with E-state index >= 15 is 0 Å². The fourth-order valence-corrected chi connectivity index (χ4v) is 1.88. The average Bonchev–Trinajstić information content (AvgIpc) is 2.79. The van der Waals surface area contributed by atoms with Gasteiger partial charge in [-0.3, -0.25) is 9.48 Å². The molecule has 0 fully saturated rings. The minimum atomic E-state index is -0.112. The normalized spacial score (nSPS) is 10.4. The first-order chi connectivity index (χ1) is 9.10. The molecule has 2 aromatic rings. The third kappa shape index (κ3) is 3.13. The Labute approximate surface area is 112 Å². The molecule has 19 heavy (non-hydrogen) atoms. The van der Waals surface area contributed by atoms with Crippen molar-refractivity contribution in [2.75, 3.05) is 5.73 Å². The Kier molecular flexibility index (Phi) is 3.85. The van der Waals surface area contributed by atoms with Crippen molar-refractivity contribution in [2.24, 2.45) is 0 Å². The van der Waals surface area contributed by atoms with Gasteiger partial charge in [0, 0.05) is 18.8 Å². The summed E-state index contributed by atoms with van der Waals surface area (Å²) in [5.74, 6) is -0.112. The van der Waals surface area contributed by atoms with Crippen LogP contribution >= 0.6 is 0 Å². The smallest absolute Gasteiger partial charge is 0.269 e. The van der Waals surface area contributed by atoms with Crippen LogP contribution in [0.3, 0.4) is 0 Å². The zero-order valence-corrected chi connectivity index (χ0v) is 11.2. The number of benzene rings is 1. The number of rotatable bonds is 4. The summed E-state index contributed by atoms with van der Waals surface area (Å²) in [5, 5.41) is 7.14. The molecule has 1 heterocycles. The Morgan fingerprint density at radius 2 is 2.05 bits per heavy atom. The third-order valence-corrected chi connectivity index (χ3v) is 2.87. The first-order valence-electron chi connectivity index (χ1n) is 6.27. The standard InChI is InChI=1S/C14H18N4O/c1-3-18-13(8-10(2)17-18)14(19)16-9-11-4-6-12(15)7-5-11/h4-8H,3,9,15H2,1-2H3,(H,16,19). The van der Waals surface area contributed by atoms with Gasteiger partial charge in [0.15, 0.2) is 0 Å². The van der Waals surface area contributed by atoms with Gasteiger partial charge in [-0.15, -0.1) is 0 Å². The highest BCUT2D eigenvalue weighted by molar-refractivity contribution is 5.92. The average molecular weight is 258 g/mol. The molecule has 0 atom stereocenters. The number of nitrogens with zero attached hydrogens (tertiary/aromatic N) is 2. The van der Waals surface area contributed by atoms with Crippen molar-refractivity contribution in [2.45, 2.75) is 26.9 Å². The second kappa shape index (κ2) is 5.56. The molecule has 0 spiro atoms. The highest BCUT2D eigenvalue weighted by Crippen LogP contribution is 2.07. The summed E-state index contributed by atoms with van der Waals surface area (Å²) < 4.78 is 1.70. The van der Waals surface area contributed by atoms with Gasteiger partial charge < -0.3 is 11.1 Å². The molecule has 0 saturated heterocycles. The lowest BCUT2D eigenvalue weighted by molar-refractivity contribution is 0.0940. The number of carbonyl (C=O) groups is 1. The number of aromatic nitrogens is 2. The van der Waals surface area contributed by atoms with Crippen molar-refractivity contribution >= 4 is 11.6 Å². The van der Waals surface area contributed by atoms with Crippen molar-refractivity contribution in [3.63, 3.8) is 0 Å². The fourth-order valence-electron chi connectivity index (χ4n) is 1.88. The lowest BCUT2D eigenvalue weighted by Crippen LogP contribution is -2.25. The Balaban J connectivity index is 2.03. The van der Waals surface area contributed by atoms with Crippen LogP contribution in [0.5, 0.6) is 0 Å². The lowest BCUT2D eigenvalue weighted by atomic mass is 10.2. The number of hydrogen-bond donors (Lipinski definition) is 2. The van der Waals surface area contributed by atoms with Crippen molar-refractivity contribution < 1.29 is 4.79 Å². The first-order valence-corrected chi connectivity index (χ1v) is 6.27. The second-order valence-corrected chi connectivity index (χ2v) is 4.41. The van der Waals surface area contributed by atoms with E-state index in [9.17, 15) is 4.79 Å². The summed E-state index contributed by atoms with van der Waals surface area (Å²) in [6.45, 7) is 5.00. The number of nitrogens with one attached hydrogen (secondary N) is 1. The topological polar surface area (TPSA) is 72.9 Å². The van der Waals surface area contributed by atoms with Gasteiger partial charge in [0.1, 0.15) is 5.69 Å². The summed E-state index contributed by atoms with van der Waals surface area (Å²) in [6, 6.07) is 9.24. The molecule has 5 nitrogen and oxygen atoms in total. The summed E-state index contributed by atoms with van der Waals surface area (Å²) in [5.41, 5.74) is 8.79. The summed E-state index contributed by atoms with van der Waals surface area (Å²) in [7, 11) is 0. The van der Waals surface area contributed by atoms with Gasteiger partial charge >= 0.3 is 0 Å².